The second-order valence-corrected chi connectivity index (χ2v) is 7.61. The third-order valence-corrected chi connectivity index (χ3v) is 4.85. The van der Waals surface area contributed by atoms with Gasteiger partial charge in [0.2, 0.25) is 0 Å². The van der Waals surface area contributed by atoms with Gasteiger partial charge in [-0.1, -0.05) is 20.4 Å². The van der Waals surface area contributed by atoms with E-state index in [4.69, 9.17) is 9.98 Å². The molecule has 0 atom stereocenters. The fourth-order valence-electron chi connectivity index (χ4n) is 3.37. The van der Waals surface area contributed by atoms with E-state index in [2.05, 4.69) is 28.7 Å². The first-order valence-corrected chi connectivity index (χ1v) is 9.09. The molecule has 0 bridgehead atoms. The molecule has 6 nitrogen and oxygen atoms in total. The zero-order chi connectivity index (χ0) is 20.0. The van der Waals surface area contributed by atoms with Gasteiger partial charge in [-0.05, 0) is 49.9 Å². The molecule has 0 saturated heterocycles. The second-order valence-electron chi connectivity index (χ2n) is 7.61. The standard InChI is InChI=1S/C21H27N5O/c1-11(2)17-14(5)21(27)26-20(23-17)19(15(6)24-26)22-18-12(3)9-16(25(7)8)10-13(18)4/h9-11,24H,6H2,1-5,7-8H3. The Hall–Kier alpha value is -2.89. The molecule has 0 aliphatic rings. The third-order valence-electron chi connectivity index (χ3n) is 4.85. The summed E-state index contributed by atoms with van der Waals surface area (Å²) in [4.78, 5) is 24.4. The van der Waals surface area contributed by atoms with E-state index in [0.29, 0.717) is 21.9 Å². The maximum atomic E-state index is 12.7. The number of nitrogens with one attached hydrogen (secondary N) is 1. The Morgan fingerprint density at radius 3 is 2.30 bits per heavy atom. The number of anilines is 1. The van der Waals surface area contributed by atoms with Crippen LogP contribution in [0, 0.1) is 20.8 Å². The lowest BCUT2D eigenvalue weighted by molar-refractivity contribution is 0.778. The van der Waals surface area contributed by atoms with Crippen LogP contribution in [0.4, 0.5) is 11.4 Å². The molecule has 0 saturated carbocycles. The summed E-state index contributed by atoms with van der Waals surface area (Å²) in [5, 5.41) is 4.21. The van der Waals surface area contributed by atoms with Gasteiger partial charge in [-0.15, -0.1) is 0 Å². The lowest BCUT2D eigenvalue weighted by atomic mass is 10.1. The first-order valence-electron chi connectivity index (χ1n) is 9.09. The van der Waals surface area contributed by atoms with Gasteiger partial charge < -0.3 is 4.90 Å². The summed E-state index contributed by atoms with van der Waals surface area (Å²) in [5.41, 5.74) is 6.01. The highest BCUT2D eigenvalue weighted by atomic mass is 16.1. The zero-order valence-electron chi connectivity index (χ0n) is 17.1. The van der Waals surface area contributed by atoms with Crippen LogP contribution in [0.5, 0.6) is 0 Å². The molecule has 2 heterocycles. The van der Waals surface area contributed by atoms with Crippen molar-refractivity contribution in [3.63, 3.8) is 0 Å². The SMILES string of the molecule is C=c1[nH]n2c(=O)c(C)c(C(C)C)nc2c1=Nc1c(C)cc(N(C)C)cc1C. The highest BCUT2D eigenvalue weighted by molar-refractivity contribution is 5.62. The van der Waals surface area contributed by atoms with Gasteiger partial charge >= 0.3 is 0 Å². The maximum Gasteiger partial charge on any atom is 0.275 e. The highest BCUT2D eigenvalue weighted by Crippen LogP contribution is 2.28. The van der Waals surface area contributed by atoms with Crippen molar-refractivity contribution < 1.29 is 0 Å². The molecule has 1 aromatic carbocycles. The van der Waals surface area contributed by atoms with Crippen molar-refractivity contribution in [3.05, 3.63) is 55.6 Å². The normalized spacial score (nSPS) is 12.4. The van der Waals surface area contributed by atoms with E-state index < -0.39 is 0 Å². The summed E-state index contributed by atoms with van der Waals surface area (Å²) in [6.45, 7) is 14.0. The summed E-state index contributed by atoms with van der Waals surface area (Å²) in [7, 11) is 4.04. The molecule has 0 aliphatic heterocycles. The van der Waals surface area contributed by atoms with Crippen LogP contribution in [0.15, 0.2) is 21.9 Å². The van der Waals surface area contributed by atoms with Crippen LogP contribution in [0.1, 0.15) is 42.1 Å². The van der Waals surface area contributed by atoms with Crippen molar-refractivity contribution in [2.24, 2.45) is 4.99 Å². The molecule has 3 rings (SSSR count). The minimum atomic E-state index is -0.105. The van der Waals surface area contributed by atoms with E-state index in [-0.39, 0.29) is 11.5 Å². The number of benzene rings is 1. The van der Waals surface area contributed by atoms with E-state index in [9.17, 15) is 4.79 Å². The Bertz CT molecular complexity index is 1180. The number of aromatic nitrogens is 3. The van der Waals surface area contributed by atoms with Gasteiger partial charge in [0.05, 0.1) is 16.7 Å². The molecule has 0 unspecified atom stereocenters. The Morgan fingerprint density at radius 1 is 1.19 bits per heavy atom. The number of hydrogen-bond acceptors (Lipinski definition) is 4. The van der Waals surface area contributed by atoms with Crippen molar-refractivity contribution in [2.45, 2.75) is 40.5 Å². The summed E-state index contributed by atoms with van der Waals surface area (Å²) in [6.07, 6.45) is 0. The van der Waals surface area contributed by atoms with Crippen LogP contribution in [-0.2, 0) is 0 Å². The summed E-state index contributed by atoms with van der Waals surface area (Å²) in [6, 6.07) is 4.21. The molecule has 0 radical (unpaired) electrons. The number of aryl methyl sites for hydroxylation is 2. The van der Waals surface area contributed by atoms with Crippen molar-refractivity contribution in [3.8, 4) is 0 Å². The van der Waals surface area contributed by atoms with Crippen LogP contribution >= 0.6 is 0 Å². The van der Waals surface area contributed by atoms with Gasteiger partial charge in [-0.25, -0.2) is 9.98 Å². The smallest absolute Gasteiger partial charge is 0.275 e. The largest absolute Gasteiger partial charge is 0.378 e. The van der Waals surface area contributed by atoms with Crippen molar-refractivity contribution in [2.75, 3.05) is 19.0 Å². The van der Waals surface area contributed by atoms with Crippen LogP contribution in [0.25, 0.3) is 12.2 Å². The number of nitrogens with zero attached hydrogens (tertiary/aromatic N) is 4. The first kappa shape index (κ1) is 18.9. The second kappa shape index (κ2) is 6.68. The average Bonchev–Trinajstić information content (AvgIpc) is 2.89. The van der Waals surface area contributed by atoms with E-state index in [1.807, 2.05) is 48.7 Å². The quantitative estimate of drug-likeness (QED) is 0.775. The lowest BCUT2D eigenvalue weighted by Crippen LogP contribution is -2.23. The lowest BCUT2D eigenvalue weighted by Gasteiger charge is -2.15. The minimum Gasteiger partial charge on any atom is -0.378 e. The topological polar surface area (TPSA) is 65.8 Å². The predicted molar refractivity (Wildman–Crippen MR) is 111 cm³/mol. The van der Waals surface area contributed by atoms with Gasteiger partial charge in [0.25, 0.3) is 5.56 Å². The van der Waals surface area contributed by atoms with Gasteiger partial charge in [0.1, 0.15) is 5.36 Å². The Balaban J connectivity index is 2.38. The average molecular weight is 365 g/mol. The van der Waals surface area contributed by atoms with E-state index in [1.54, 1.807) is 0 Å². The molecule has 6 heteroatoms. The minimum absolute atomic E-state index is 0.105. The monoisotopic (exact) mass is 365 g/mol. The van der Waals surface area contributed by atoms with Crippen LogP contribution in [0.3, 0.4) is 0 Å². The van der Waals surface area contributed by atoms with Gasteiger partial charge in [0.15, 0.2) is 5.65 Å². The van der Waals surface area contributed by atoms with E-state index in [1.165, 1.54) is 4.52 Å². The molecular weight excluding hydrogens is 338 g/mol. The summed E-state index contributed by atoms with van der Waals surface area (Å²) < 4.78 is 1.45. The molecule has 142 valence electrons. The van der Waals surface area contributed by atoms with Gasteiger partial charge in [-0.2, -0.15) is 4.52 Å². The summed E-state index contributed by atoms with van der Waals surface area (Å²) in [5.74, 6) is 0.154. The number of aromatic amines is 1. The molecule has 0 fully saturated rings. The Labute approximate surface area is 158 Å². The molecule has 1 N–H and O–H groups in total. The van der Waals surface area contributed by atoms with Crippen molar-refractivity contribution in [1.29, 1.82) is 0 Å². The zero-order valence-corrected chi connectivity index (χ0v) is 17.1. The van der Waals surface area contributed by atoms with Gasteiger partial charge in [0, 0.05) is 25.3 Å². The molecule has 2 aromatic heterocycles. The molecular formula is C21H27N5O. The van der Waals surface area contributed by atoms with E-state index >= 15 is 0 Å². The number of fused-ring (bicyclic) bond motifs is 1. The number of rotatable bonds is 3. The molecule has 0 aliphatic carbocycles. The van der Waals surface area contributed by atoms with Crippen LogP contribution < -0.4 is 21.2 Å². The van der Waals surface area contributed by atoms with E-state index in [0.717, 1.165) is 28.2 Å². The maximum absolute atomic E-state index is 12.7. The van der Waals surface area contributed by atoms with Crippen LogP contribution in [-0.4, -0.2) is 28.7 Å². The summed E-state index contributed by atoms with van der Waals surface area (Å²) >= 11 is 0. The molecule has 3 aromatic rings. The fraction of sp³-hybridized carbons (Fsp3) is 0.381. The number of H-pyrrole nitrogens is 1. The van der Waals surface area contributed by atoms with Crippen molar-refractivity contribution >= 4 is 23.6 Å². The number of hydrogen-bond donors (Lipinski definition) is 1. The highest BCUT2D eigenvalue weighted by Gasteiger charge is 2.15. The Kier molecular flexibility index (Phi) is 4.68. The Morgan fingerprint density at radius 2 is 1.78 bits per heavy atom. The van der Waals surface area contributed by atoms with Gasteiger partial charge in [-0.3, -0.25) is 9.89 Å². The fourth-order valence-corrected chi connectivity index (χ4v) is 3.37. The predicted octanol–water partition coefficient (Wildman–Crippen LogP) is 2.50. The molecule has 0 spiro atoms. The molecule has 27 heavy (non-hydrogen) atoms. The molecule has 0 amide bonds. The van der Waals surface area contributed by atoms with Crippen LogP contribution in [0.2, 0.25) is 0 Å². The third kappa shape index (κ3) is 3.16. The van der Waals surface area contributed by atoms with Crippen molar-refractivity contribution in [1.82, 2.24) is 14.6 Å². The first-order chi connectivity index (χ1) is 12.6.